The Bertz CT molecular complexity index is 550. The van der Waals surface area contributed by atoms with Gasteiger partial charge in [0.2, 0.25) is 0 Å². The molecular formula is C15H16N3O2-. The number of aliphatic imine (C=N–C) groups is 1. The zero-order valence-electron chi connectivity index (χ0n) is 11.1. The van der Waals surface area contributed by atoms with Gasteiger partial charge in [0.15, 0.2) is 5.96 Å². The zero-order valence-corrected chi connectivity index (χ0v) is 11.1. The van der Waals surface area contributed by atoms with E-state index in [-0.39, 0.29) is 0 Å². The smallest absolute Gasteiger partial charge is 0.198 e. The summed E-state index contributed by atoms with van der Waals surface area (Å²) in [6.07, 6.45) is 0. The number of hydrogen-bond donors (Lipinski definition) is 2. The van der Waals surface area contributed by atoms with Crippen molar-refractivity contribution in [2.75, 3.05) is 5.32 Å². The summed E-state index contributed by atoms with van der Waals surface area (Å²) in [4.78, 5) is 13.1. The highest BCUT2D eigenvalue weighted by Crippen LogP contribution is 2.10. The number of anilines is 1. The van der Waals surface area contributed by atoms with Crippen LogP contribution in [0.3, 0.4) is 0 Å². The second-order valence-corrected chi connectivity index (χ2v) is 3.82. The minimum atomic E-state index is -1.08. The second kappa shape index (κ2) is 8.31. The first-order chi connectivity index (χ1) is 9.58. The molecule has 0 aromatic heterocycles. The van der Waals surface area contributed by atoms with Crippen LogP contribution in [-0.4, -0.2) is 11.9 Å². The standard InChI is InChI=1S/C13H13N3.C2H4O2/c14-13(15-11-7-3-1-4-8-11)16-12-9-5-2-6-10-12;1-2(3)4/h1-10H,(H3,14,15,16);1H3,(H,3,4)/p-1. The summed E-state index contributed by atoms with van der Waals surface area (Å²) >= 11 is 0. The summed E-state index contributed by atoms with van der Waals surface area (Å²) in [7, 11) is 0. The summed E-state index contributed by atoms with van der Waals surface area (Å²) in [6.45, 7) is 0.972. The van der Waals surface area contributed by atoms with E-state index in [1.165, 1.54) is 0 Å². The van der Waals surface area contributed by atoms with E-state index in [1.54, 1.807) is 0 Å². The molecule has 0 spiro atoms. The van der Waals surface area contributed by atoms with Crippen LogP contribution >= 0.6 is 0 Å². The Morgan fingerprint density at radius 2 is 1.50 bits per heavy atom. The number of benzene rings is 2. The van der Waals surface area contributed by atoms with Crippen molar-refractivity contribution in [1.82, 2.24) is 0 Å². The van der Waals surface area contributed by atoms with Gasteiger partial charge in [-0.25, -0.2) is 4.99 Å². The van der Waals surface area contributed by atoms with E-state index in [0.717, 1.165) is 18.3 Å². The Kier molecular flexibility index (Phi) is 6.33. The van der Waals surface area contributed by atoms with Crippen LogP contribution in [0.15, 0.2) is 65.7 Å². The predicted molar refractivity (Wildman–Crippen MR) is 78.5 cm³/mol. The number of nitrogens with two attached hydrogens (primary N) is 1. The fourth-order valence-corrected chi connectivity index (χ4v) is 1.34. The number of nitrogens with zero attached hydrogens (tertiary/aromatic N) is 1. The molecule has 0 saturated carbocycles. The first-order valence-electron chi connectivity index (χ1n) is 5.97. The molecule has 0 saturated heterocycles. The highest BCUT2D eigenvalue weighted by Gasteiger charge is 1.93. The van der Waals surface area contributed by atoms with Gasteiger partial charge in [0.1, 0.15) is 0 Å². The van der Waals surface area contributed by atoms with Crippen LogP contribution in [-0.2, 0) is 4.79 Å². The lowest BCUT2D eigenvalue weighted by Crippen LogP contribution is -2.21. The number of aliphatic carboxylic acids is 1. The highest BCUT2D eigenvalue weighted by molar-refractivity contribution is 5.93. The SMILES string of the molecule is CC(=O)[O-].NC(=Nc1ccccc1)Nc1ccccc1. The maximum atomic E-state index is 8.89. The van der Waals surface area contributed by atoms with Gasteiger partial charge in [-0.15, -0.1) is 0 Å². The average molecular weight is 270 g/mol. The van der Waals surface area contributed by atoms with Crippen LogP contribution in [0.4, 0.5) is 11.4 Å². The fourth-order valence-electron chi connectivity index (χ4n) is 1.34. The minimum Gasteiger partial charge on any atom is -0.550 e. The maximum Gasteiger partial charge on any atom is 0.198 e. The Morgan fingerprint density at radius 3 is 2.00 bits per heavy atom. The number of guanidine groups is 1. The van der Waals surface area contributed by atoms with Crippen molar-refractivity contribution in [1.29, 1.82) is 0 Å². The average Bonchev–Trinajstić information content (AvgIpc) is 2.40. The molecule has 5 heteroatoms. The molecule has 0 aliphatic carbocycles. The summed E-state index contributed by atoms with van der Waals surface area (Å²) in [5, 5.41) is 11.9. The third-order valence-corrected chi connectivity index (χ3v) is 2.05. The van der Waals surface area contributed by atoms with Gasteiger partial charge in [-0.1, -0.05) is 36.4 Å². The number of carboxylic acid groups (broad SMARTS) is 1. The quantitative estimate of drug-likeness (QED) is 0.639. The zero-order chi connectivity index (χ0) is 14.8. The first-order valence-corrected chi connectivity index (χ1v) is 5.97. The van der Waals surface area contributed by atoms with Gasteiger partial charge in [0.25, 0.3) is 0 Å². The molecule has 0 radical (unpaired) electrons. The molecule has 2 rings (SSSR count). The predicted octanol–water partition coefficient (Wildman–Crippen LogP) is 1.50. The van der Waals surface area contributed by atoms with Gasteiger partial charge in [0.05, 0.1) is 5.69 Å². The van der Waals surface area contributed by atoms with E-state index in [2.05, 4.69) is 10.3 Å². The number of para-hydroxylation sites is 2. The van der Waals surface area contributed by atoms with Crippen LogP contribution in [0.1, 0.15) is 6.92 Å². The topological polar surface area (TPSA) is 90.5 Å². The number of carboxylic acids is 1. The fraction of sp³-hybridized carbons (Fsp3) is 0.0667. The Morgan fingerprint density at radius 1 is 1.05 bits per heavy atom. The van der Waals surface area contributed by atoms with Gasteiger partial charge in [0, 0.05) is 11.7 Å². The minimum absolute atomic E-state index is 0.386. The van der Waals surface area contributed by atoms with E-state index in [1.807, 2.05) is 60.7 Å². The highest BCUT2D eigenvalue weighted by atomic mass is 16.4. The number of carbonyl (C=O) groups is 1. The van der Waals surface area contributed by atoms with Crippen molar-refractivity contribution in [2.45, 2.75) is 6.92 Å². The summed E-state index contributed by atoms with van der Waals surface area (Å²) in [5.74, 6) is -0.697. The number of nitrogens with one attached hydrogen (secondary N) is 1. The monoisotopic (exact) mass is 270 g/mol. The third-order valence-electron chi connectivity index (χ3n) is 2.05. The van der Waals surface area contributed by atoms with Crippen LogP contribution in [0.2, 0.25) is 0 Å². The van der Waals surface area contributed by atoms with Gasteiger partial charge < -0.3 is 21.0 Å². The van der Waals surface area contributed by atoms with Crippen molar-refractivity contribution >= 4 is 23.3 Å². The summed E-state index contributed by atoms with van der Waals surface area (Å²) in [6, 6.07) is 19.3. The molecule has 0 unspecified atom stereocenters. The normalized spacial score (nSPS) is 10.2. The van der Waals surface area contributed by atoms with Crippen LogP contribution in [0.25, 0.3) is 0 Å². The second-order valence-electron chi connectivity index (χ2n) is 3.82. The van der Waals surface area contributed by atoms with E-state index >= 15 is 0 Å². The lowest BCUT2D eigenvalue weighted by atomic mass is 10.3. The van der Waals surface area contributed by atoms with E-state index in [9.17, 15) is 0 Å². The van der Waals surface area contributed by atoms with Crippen molar-refractivity contribution < 1.29 is 9.90 Å². The number of hydrogen-bond acceptors (Lipinski definition) is 3. The molecule has 5 nitrogen and oxygen atoms in total. The van der Waals surface area contributed by atoms with Gasteiger partial charge in [-0.2, -0.15) is 0 Å². The molecule has 104 valence electrons. The molecule has 0 bridgehead atoms. The van der Waals surface area contributed by atoms with Crippen LogP contribution < -0.4 is 16.2 Å². The van der Waals surface area contributed by atoms with Gasteiger partial charge in [-0.05, 0) is 31.2 Å². The van der Waals surface area contributed by atoms with Crippen molar-refractivity contribution in [3.63, 3.8) is 0 Å². The molecule has 0 atom stereocenters. The Balaban J connectivity index is 0.000000444. The van der Waals surface area contributed by atoms with Crippen molar-refractivity contribution in [2.24, 2.45) is 10.7 Å². The van der Waals surface area contributed by atoms with Gasteiger partial charge >= 0.3 is 0 Å². The molecule has 20 heavy (non-hydrogen) atoms. The molecule has 0 amide bonds. The molecular weight excluding hydrogens is 254 g/mol. The Labute approximate surface area is 117 Å². The molecule has 0 aliphatic rings. The van der Waals surface area contributed by atoms with Gasteiger partial charge in [-0.3, -0.25) is 0 Å². The van der Waals surface area contributed by atoms with Crippen LogP contribution in [0, 0.1) is 0 Å². The number of rotatable bonds is 2. The summed E-state index contributed by atoms with van der Waals surface area (Å²) in [5.41, 5.74) is 7.54. The molecule has 0 heterocycles. The lowest BCUT2D eigenvalue weighted by molar-refractivity contribution is -0.302. The van der Waals surface area contributed by atoms with Crippen molar-refractivity contribution in [3.8, 4) is 0 Å². The lowest BCUT2D eigenvalue weighted by Gasteiger charge is -2.04. The molecule has 2 aromatic carbocycles. The number of carbonyl (C=O) groups excluding carboxylic acids is 1. The third kappa shape index (κ3) is 6.80. The largest absolute Gasteiger partial charge is 0.550 e. The molecule has 2 aromatic rings. The summed E-state index contributed by atoms with van der Waals surface area (Å²) < 4.78 is 0. The molecule has 0 fully saturated rings. The Hall–Kier alpha value is -2.82. The van der Waals surface area contributed by atoms with E-state index in [4.69, 9.17) is 15.6 Å². The first kappa shape index (κ1) is 15.2. The van der Waals surface area contributed by atoms with E-state index < -0.39 is 5.97 Å². The van der Waals surface area contributed by atoms with E-state index in [0.29, 0.717) is 5.96 Å². The van der Waals surface area contributed by atoms with Crippen molar-refractivity contribution in [3.05, 3.63) is 60.7 Å². The molecule has 0 aliphatic heterocycles. The maximum absolute atomic E-state index is 8.89. The molecule has 3 N–H and O–H groups in total. The van der Waals surface area contributed by atoms with Crippen LogP contribution in [0.5, 0.6) is 0 Å².